The maximum absolute atomic E-state index is 13.6. The summed E-state index contributed by atoms with van der Waals surface area (Å²) in [6.07, 6.45) is 0.995. The number of ether oxygens (including phenoxy) is 1. The van der Waals surface area contributed by atoms with Crippen molar-refractivity contribution < 1.29 is 26.0 Å². The molecule has 0 aliphatic heterocycles. The van der Waals surface area contributed by atoms with Gasteiger partial charge in [-0.2, -0.15) is 0 Å². The second kappa shape index (κ2) is 8.82. The molecule has 0 heterocycles. The molecule has 2 aromatic rings. The minimum Gasteiger partial charge on any atom is -0.457 e. The van der Waals surface area contributed by atoms with E-state index in [-0.39, 0.29) is 27.8 Å². The fourth-order valence-electron chi connectivity index (χ4n) is 2.23. The third-order valence-corrected chi connectivity index (χ3v) is 7.09. The van der Waals surface area contributed by atoms with Crippen LogP contribution >= 0.6 is 0 Å². The minimum atomic E-state index is -3.92. The Hall–Kier alpha value is -2.27. The van der Waals surface area contributed by atoms with Gasteiger partial charge < -0.3 is 10.5 Å². The van der Waals surface area contributed by atoms with Crippen molar-refractivity contribution in [1.82, 2.24) is 4.31 Å². The van der Waals surface area contributed by atoms with Gasteiger partial charge in [0.25, 0.3) is 0 Å². The Labute approximate surface area is 164 Å². The number of hydrogen-bond acceptors (Lipinski definition) is 6. The first kappa shape index (κ1) is 22.0. The Morgan fingerprint density at radius 3 is 2.11 bits per heavy atom. The van der Waals surface area contributed by atoms with Crippen LogP contribution in [-0.4, -0.2) is 47.5 Å². The van der Waals surface area contributed by atoms with E-state index in [9.17, 15) is 21.2 Å². The summed E-state index contributed by atoms with van der Waals surface area (Å²) in [5, 5.41) is 0. The van der Waals surface area contributed by atoms with Gasteiger partial charge in [0.05, 0.1) is 9.79 Å². The Morgan fingerprint density at radius 2 is 1.57 bits per heavy atom. The number of sulfonamides is 1. The van der Waals surface area contributed by atoms with Gasteiger partial charge >= 0.3 is 0 Å². The number of nitrogens with two attached hydrogens (primary N) is 1. The molecule has 28 heavy (non-hydrogen) atoms. The lowest BCUT2D eigenvalue weighted by Gasteiger charge is -2.13. The van der Waals surface area contributed by atoms with Gasteiger partial charge in [-0.3, -0.25) is 0 Å². The first-order valence-corrected chi connectivity index (χ1v) is 11.2. The van der Waals surface area contributed by atoms with Gasteiger partial charge in [-0.15, -0.1) is 0 Å². The Balaban J connectivity index is 2.30. The zero-order valence-corrected chi connectivity index (χ0v) is 17.0. The fraction of sp³-hybridized carbons (Fsp3) is 0.222. The van der Waals surface area contributed by atoms with Crippen LogP contribution in [0.3, 0.4) is 0 Å². The van der Waals surface area contributed by atoms with E-state index in [0.29, 0.717) is 0 Å². The van der Waals surface area contributed by atoms with Crippen LogP contribution in [-0.2, 0) is 19.9 Å². The minimum absolute atomic E-state index is 0.0350. The lowest BCUT2D eigenvalue weighted by molar-refractivity contribution is 0.477. The molecule has 0 radical (unpaired) electrons. The highest BCUT2D eigenvalue weighted by Crippen LogP contribution is 2.27. The van der Waals surface area contributed by atoms with Crippen molar-refractivity contribution in [1.29, 1.82) is 0 Å². The Morgan fingerprint density at radius 1 is 1.04 bits per heavy atom. The van der Waals surface area contributed by atoms with Crippen molar-refractivity contribution in [3.8, 4) is 11.5 Å². The van der Waals surface area contributed by atoms with Gasteiger partial charge in [0.15, 0.2) is 9.84 Å². The summed E-state index contributed by atoms with van der Waals surface area (Å²) in [6, 6.07) is 11.4. The Bertz CT molecular complexity index is 1080. The Kier molecular flexibility index (Phi) is 6.94. The molecule has 152 valence electrons. The average Bonchev–Trinajstić information content (AvgIpc) is 2.62. The molecule has 2 rings (SSSR count). The number of nitrogens with zero attached hydrogens (tertiary/aromatic N) is 1. The van der Waals surface area contributed by atoms with E-state index < -0.39 is 31.4 Å². The maximum Gasteiger partial charge on any atom is 0.242 e. The van der Waals surface area contributed by atoms with Crippen LogP contribution in [0.5, 0.6) is 11.5 Å². The van der Waals surface area contributed by atoms with Crippen molar-refractivity contribution in [3.05, 3.63) is 60.4 Å². The molecule has 0 bridgehead atoms. The van der Waals surface area contributed by atoms with Crippen LogP contribution in [0.15, 0.2) is 70.2 Å². The van der Waals surface area contributed by atoms with Crippen LogP contribution in [0.2, 0.25) is 0 Å². The molecular weight excluding hydrogens is 407 g/mol. The van der Waals surface area contributed by atoms with Crippen LogP contribution in [0.4, 0.5) is 4.39 Å². The van der Waals surface area contributed by atoms with Crippen LogP contribution in [0.25, 0.3) is 0 Å². The molecule has 0 aromatic heterocycles. The summed E-state index contributed by atoms with van der Waals surface area (Å²) < 4.78 is 69.3. The highest BCUT2D eigenvalue weighted by atomic mass is 32.2. The van der Waals surface area contributed by atoms with Gasteiger partial charge in [-0.05, 0) is 36.4 Å². The molecular formula is C18H21FN2O5S2. The second-order valence-electron chi connectivity index (χ2n) is 5.98. The van der Waals surface area contributed by atoms with Crippen molar-refractivity contribution in [2.75, 3.05) is 26.4 Å². The van der Waals surface area contributed by atoms with Gasteiger partial charge in [-0.25, -0.2) is 25.5 Å². The predicted octanol–water partition coefficient (Wildman–Crippen LogP) is 2.32. The SMILES string of the molecule is CN(C)S(=O)(=O)c1cccc(Oc2cccc(S(=O)(=O)C/C(F)=C/CN)c2)c1. The average molecular weight is 429 g/mol. The standard InChI is InChI=1S/C18H21FN2O5S2/c1-21(2)28(24,25)18-8-4-6-16(12-18)26-15-5-3-7-17(11-15)27(22,23)13-14(19)9-10-20/h3-9,11-12H,10,13,20H2,1-2H3/b14-9-. The molecule has 0 spiro atoms. The smallest absolute Gasteiger partial charge is 0.242 e. The lowest BCUT2D eigenvalue weighted by atomic mass is 10.3. The van der Waals surface area contributed by atoms with Gasteiger partial charge in [-0.1, -0.05) is 12.1 Å². The summed E-state index contributed by atoms with van der Waals surface area (Å²) in [5.74, 6) is -1.25. The van der Waals surface area contributed by atoms with Gasteiger partial charge in [0.2, 0.25) is 10.0 Å². The highest BCUT2D eigenvalue weighted by molar-refractivity contribution is 7.91. The topological polar surface area (TPSA) is 107 Å². The van der Waals surface area contributed by atoms with Crippen LogP contribution < -0.4 is 10.5 Å². The van der Waals surface area contributed by atoms with Crippen molar-refractivity contribution in [2.45, 2.75) is 9.79 Å². The number of rotatable bonds is 8. The quantitative estimate of drug-likeness (QED) is 0.692. The molecule has 0 amide bonds. The van der Waals surface area contributed by atoms with Crippen LogP contribution in [0.1, 0.15) is 0 Å². The third kappa shape index (κ3) is 5.38. The molecule has 0 atom stereocenters. The summed E-state index contributed by atoms with van der Waals surface area (Å²) in [4.78, 5) is -0.0876. The molecule has 10 heteroatoms. The normalized spacial score (nSPS) is 13.0. The molecule has 0 fully saturated rings. The van der Waals surface area contributed by atoms with E-state index in [0.717, 1.165) is 10.4 Å². The van der Waals surface area contributed by atoms with Crippen molar-refractivity contribution >= 4 is 19.9 Å². The van der Waals surface area contributed by atoms with E-state index in [1.807, 2.05) is 0 Å². The summed E-state index contributed by atoms with van der Waals surface area (Å²) in [5.41, 5.74) is 5.18. The van der Waals surface area contributed by atoms with E-state index in [1.54, 1.807) is 6.07 Å². The van der Waals surface area contributed by atoms with E-state index in [1.165, 1.54) is 56.6 Å². The molecule has 2 N–H and O–H groups in total. The molecule has 7 nitrogen and oxygen atoms in total. The number of sulfone groups is 1. The van der Waals surface area contributed by atoms with Crippen molar-refractivity contribution in [2.24, 2.45) is 5.73 Å². The zero-order chi connectivity index (χ0) is 20.9. The predicted molar refractivity (Wildman–Crippen MR) is 104 cm³/mol. The number of halogens is 1. The van der Waals surface area contributed by atoms with Crippen molar-refractivity contribution in [3.63, 3.8) is 0 Å². The largest absolute Gasteiger partial charge is 0.457 e. The molecule has 0 aliphatic rings. The molecule has 0 unspecified atom stereocenters. The lowest BCUT2D eigenvalue weighted by Crippen LogP contribution is -2.22. The van der Waals surface area contributed by atoms with E-state index >= 15 is 0 Å². The number of hydrogen-bond donors (Lipinski definition) is 1. The third-order valence-electron chi connectivity index (χ3n) is 3.65. The van der Waals surface area contributed by atoms with Gasteiger partial charge in [0.1, 0.15) is 23.1 Å². The first-order chi connectivity index (χ1) is 13.1. The summed E-state index contributed by atoms with van der Waals surface area (Å²) in [6.45, 7) is -0.100. The zero-order valence-electron chi connectivity index (χ0n) is 15.4. The number of benzene rings is 2. The first-order valence-electron chi connectivity index (χ1n) is 8.14. The fourth-order valence-corrected chi connectivity index (χ4v) is 4.39. The van der Waals surface area contributed by atoms with Gasteiger partial charge in [0, 0.05) is 26.7 Å². The summed E-state index contributed by atoms with van der Waals surface area (Å²) in [7, 11) is -4.74. The monoisotopic (exact) mass is 428 g/mol. The molecule has 2 aromatic carbocycles. The van der Waals surface area contributed by atoms with Crippen LogP contribution in [0, 0.1) is 0 Å². The molecule has 0 saturated carbocycles. The summed E-state index contributed by atoms with van der Waals surface area (Å²) >= 11 is 0. The van der Waals surface area contributed by atoms with E-state index in [4.69, 9.17) is 10.5 Å². The molecule has 0 saturated heterocycles. The second-order valence-corrected chi connectivity index (χ2v) is 10.1. The van der Waals surface area contributed by atoms with E-state index in [2.05, 4.69) is 0 Å². The molecule has 0 aliphatic carbocycles. The maximum atomic E-state index is 13.6. The highest BCUT2D eigenvalue weighted by Gasteiger charge is 2.19.